The largest absolute Gasteiger partial charge is 0.493 e. The maximum Gasteiger partial charge on any atom is 0.246 e. The summed E-state index contributed by atoms with van der Waals surface area (Å²) in [5.41, 5.74) is 1.09. The molecule has 0 heterocycles. The average molecular weight is 465 g/mol. The third-order valence-corrected chi connectivity index (χ3v) is 4.79. The number of para-hydroxylation sites is 1. The number of carbonyl (C=O) groups excluding carboxylic acids is 2. The van der Waals surface area contributed by atoms with Crippen LogP contribution in [0.1, 0.15) is 19.4 Å². The van der Waals surface area contributed by atoms with E-state index < -0.39 is 5.91 Å². The number of nitrogens with zero attached hydrogens (tertiary/aromatic N) is 1. The summed E-state index contributed by atoms with van der Waals surface area (Å²) in [7, 11) is 3.09. The van der Waals surface area contributed by atoms with E-state index in [1.807, 2.05) is 6.07 Å². The number of hydrogen-bond acceptors (Lipinski definition) is 4. The van der Waals surface area contributed by atoms with Crippen LogP contribution in [0.5, 0.6) is 11.5 Å². The highest BCUT2D eigenvalue weighted by atomic mass is 35.5. The van der Waals surface area contributed by atoms with E-state index >= 15 is 0 Å². The molecule has 8 heteroatoms. The molecule has 2 amide bonds. The molecule has 0 spiro atoms. The minimum absolute atomic E-state index is 0.157. The minimum Gasteiger partial charge on any atom is -0.493 e. The minimum atomic E-state index is -0.410. The predicted molar refractivity (Wildman–Crippen MR) is 125 cm³/mol. The zero-order chi connectivity index (χ0) is 23.0. The van der Waals surface area contributed by atoms with Gasteiger partial charge < -0.3 is 19.7 Å². The molecule has 0 aromatic heterocycles. The number of anilines is 1. The van der Waals surface area contributed by atoms with Crippen LogP contribution in [0.4, 0.5) is 5.69 Å². The van der Waals surface area contributed by atoms with Gasteiger partial charge in [-0.15, -0.1) is 0 Å². The molecule has 2 rings (SSSR count). The van der Waals surface area contributed by atoms with Crippen molar-refractivity contribution in [3.8, 4) is 11.5 Å². The molecule has 166 valence electrons. The Hall–Kier alpha value is -2.70. The molecule has 0 saturated heterocycles. The molecule has 2 aromatic carbocycles. The highest BCUT2D eigenvalue weighted by Gasteiger charge is 2.14. The number of ether oxygens (including phenoxy) is 2. The van der Waals surface area contributed by atoms with Crippen molar-refractivity contribution in [1.82, 2.24) is 4.90 Å². The average Bonchev–Trinajstić information content (AvgIpc) is 2.73. The van der Waals surface area contributed by atoms with Gasteiger partial charge in [0.2, 0.25) is 11.8 Å². The lowest BCUT2D eigenvalue weighted by atomic mass is 10.2. The highest BCUT2D eigenvalue weighted by molar-refractivity contribution is 6.39. The van der Waals surface area contributed by atoms with Crippen molar-refractivity contribution in [2.45, 2.75) is 13.8 Å². The molecule has 0 aliphatic rings. The Morgan fingerprint density at radius 1 is 1.13 bits per heavy atom. The number of methoxy groups -OCH3 is 1. The number of nitrogens with one attached hydrogen (secondary N) is 1. The smallest absolute Gasteiger partial charge is 0.246 e. The molecule has 0 atom stereocenters. The van der Waals surface area contributed by atoms with Gasteiger partial charge in [0.15, 0.2) is 11.5 Å². The van der Waals surface area contributed by atoms with E-state index in [0.29, 0.717) is 39.8 Å². The van der Waals surface area contributed by atoms with Crippen molar-refractivity contribution in [3.05, 3.63) is 58.1 Å². The fourth-order valence-corrected chi connectivity index (χ4v) is 3.04. The monoisotopic (exact) mass is 464 g/mol. The molecule has 0 aliphatic heterocycles. The molecule has 0 bridgehead atoms. The Bertz CT molecular complexity index is 940. The summed E-state index contributed by atoms with van der Waals surface area (Å²) in [5, 5.41) is 3.28. The van der Waals surface area contributed by atoms with Crippen LogP contribution < -0.4 is 14.8 Å². The van der Waals surface area contributed by atoms with E-state index in [2.05, 4.69) is 19.2 Å². The Kier molecular flexibility index (Phi) is 9.21. The quantitative estimate of drug-likeness (QED) is 0.521. The van der Waals surface area contributed by atoms with E-state index in [-0.39, 0.29) is 12.5 Å². The van der Waals surface area contributed by atoms with Crippen molar-refractivity contribution in [2.75, 3.05) is 32.6 Å². The first-order valence-electron chi connectivity index (χ1n) is 9.69. The summed E-state index contributed by atoms with van der Waals surface area (Å²) in [6, 6.07) is 10.3. The fourth-order valence-electron chi connectivity index (χ4n) is 2.55. The van der Waals surface area contributed by atoms with E-state index in [0.717, 1.165) is 5.56 Å². The lowest BCUT2D eigenvalue weighted by Crippen LogP contribution is -2.34. The van der Waals surface area contributed by atoms with Gasteiger partial charge in [-0.1, -0.05) is 49.2 Å². The van der Waals surface area contributed by atoms with E-state index in [1.54, 1.807) is 43.5 Å². The molecule has 6 nitrogen and oxygen atoms in total. The molecule has 0 radical (unpaired) electrons. The third-order valence-electron chi connectivity index (χ3n) is 4.16. The van der Waals surface area contributed by atoms with Crippen molar-refractivity contribution >= 4 is 46.8 Å². The fraction of sp³-hybridized carbons (Fsp3) is 0.304. The second-order valence-corrected chi connectivity index (χ2v) is 8.10. The maximum atomic E-state index is 12.4. The molecule has 31 heavy (non-hydrogen) atoms. The standard InChI is InChI=1S/C23H26Cl2N2O4/c1-15(2)14-31-19-10-8-16(12-20(19)30-4)9-11-22(29)27(3)13-21(28)26-23-17(24)6-5-7-18(23)25/h5-12,15H,13-14H2,1-4H3,(H,26,28)/b11-9+. The Balaban J connectivity index is 1.98. The zero-order valence-electron chi connectivity index (χ0n) is 17.9. The van der Waals surface area contributed by atoms with Gasteiger partial charge in [-0.2, -0.15) is 0 Å². The van der Waals surface area contributed by atoms with Gasteiger partial charge in [-0.05, 0) is 41.8 Å². The summed E-state index contributed by atoms with van der Waals surface area (Å²) in [4.78, 5) is 25.9. The lowest BCUT2D eigenvalue weighted by molar-refractivity contribution is -0.129. The van der Waals surface area contributed by atoms with E-state index in [4.69, 9.17) is 32.7 Å². The second-order valence-electron chi connectivity index (χ2n) is 7.29. The molecule has 0 saturated carbocycles. The summed E-state index contributed by atoms with van der Waals surface area (Å²) in [6.45, 7) is 4.55. The number of benzene rings is 2. The molecule has 0 unspecified atom stereocenters. The van der Waals surface area contributed by atoms with E-state index in [9.17, 15) is 9.59 Å². The number of amides is 2. The summed E-state index contributed by atoms with van der Waals surface area (Å²) in [5.74, 6) is 0.877. The number of carbonyl (C=O) groups is 2. The van der Waals surface area contributed by atoms with Gasteiger partial charge in [0.25, 0.3) is 0 Å². The summed E-state index contributed by atoms with van der Waals surface area (Å²) >= 11 is 12.1. The van der Waals surface area contributed by atoms with Gasteiger partial charge in [0.1, 0.15) is 0 Å². The van der Waals surface area contributed by atoms with Crippen LogP contribution in [0, 0.1) is 5.92 Å². The van der Waals surface area contributed by atoms with Crippen LogP contribution in [0.3, 0.4) is 0 Å². The number of likely N-dealkylation sites (N-methyl/N-ethyl adjacent to an activating group) is 1. The Morgan fingerprint density at radius 2 is 1.81 bits per heavy atom. The Labute approximate surface area is 192 Å². The molecular formula is C23H26Cl2N2O4. The molecule has 1 N–H and O–H groups in total. The van der Waals surface area contributed by atoms with Crippen LogP contribution in [0.2, 0.25) is 10.0 Å². The van der Waals surface area contributed by atoms with Gasteiger partial charge in [0.05, 0.1) is 36.0 Å². The summed E-state index contributed by atoms with van der Waals surface area (Å²) in [6.07, 6.45) is 3.04. The number of hydrogen-bond donors (Lipinski definition) is 1. The van der Waals surface area contributed by atoms with Crippen molar-refractivity contribution in [2.24, 2.45) is 5.92 Å². The number of halogens is 2. The van der Waals surface area contributed by atoms with E-state index in [1.165, 1.54) is 18.0 Å². The molecule has 0 fully saturated rings. The van der Waals surface area contributed by atoms with Crippen LogP contribution >= 0.6 is 23.2 Å². The van der Waals surface area contributed by atoms with Crippen LogP contribution in [0.25, 0.3) is 6.08 Å². The van der Waals surface area contributed by atoms with Crippen molar-refractivity contribution in [1.29, 1.82) is 0 Å². The molecular weight excluding hydrogens is 439 g/mol. The first kappa shape index (κ1) is 24.6. The van der Waals surface area contributed by atoms with Gasteiger partial charge in [-0.3, -0.25) is 9.59 Å². The second kappa shape index (κ2) is 11.6. The van der Waals surface area contributed by atoms with Gasteiger partial charge in [-0.25, -0.2) is 0 Å². The highest BCUT2D eigenvalue weighted by Crippen LogP contribution is 2.30. The van der Waals surface area contributed by atoms with Gasteiger partial charge in [0, 0.05) is 13.1 Å². The maximum absolute atomic E-state index is 12.4. The summed E-state index contributed by atoms with van der Waals surface area (Å²) < 4.78 is 11.1. The first-order chi connectivity index (χ1) is 14.7. The SMILES string of the molecule is COc1cc(/C=C/C(=O)N(C)CC(=O)Nc2c(Cl)cccc2Cl)ccc1OCC(C)C. The predicted octanol–water partition coefficient (Wildman–Crippen LogP) is 5.15. The Morgan fingerprint density at radius 3 is 2.42 bits per heavy atom. The van der Waals surface area contributed by atoms with Gasteiger partial charge >= 0.3 is 0 Å². The van der Waals surface area contributed by atoms with Crippen LogP contribution in [0.15, 0.2) is 42.5 Å². The topological polar surface area (TPSA) is 67.9 Å². The molecule has 0 aliphatic carbocycles. The first-order valence-corrected chi connectivity index (χ1v) is 10.4. The van der Waals surface area contributed by atoms with Crippen molar-refractivity contribution in [3.63, 3.8) is 0 Å². The molecule has 2 aromatic rings. The zero-order valence-corrected chi connectivity index (χ0v) is 19.5. The van der Waals surface area contributed by atoms with Crippen LogP contribution in [-0.4, -0.2) is 44.0 Å². The normalized spacial score (nSPS) is 10.9. The third kappa shape index (κ3) is 7.49. The number of rotatable bonds is 9. The van der Waals surface area contributed by atoms with Crippen LogP contribution in [-0.2, 0) is 9.59 Å². The van der Waals surface area contributed by atoms with Crippen molar-refractivity contribution < 1.29 is 19.1 Å². The lowest BCUT2D eigenvalue weighted by Gasteiger charge is -2.16.